The molecule has 0 saturated carbocycles. The predicted octanol–water partition coefficient (Wildman–Crippen LogP) is 3.44. The maximum atomic E-state index is 12.3. The summed E-state index contributed by atoms with van der Waals surface area (Å²) in [5, 5.41) is 7.25. The van der Waals surface area contributed by atoms with E-state index in [1.807, 2.05) is 50.2 Å². The number of rotatable bonds is 7. The van der Waals surface area contributed by atoms with Crippen LogP contribution in [0.4, 0.5) is 5.69 Å². The molecule has 0 bridgehead atoms. The minimum atomic E-state index is -0.825. The summed E-state index contributed by atoms with van der Waals surface area (Å²) in [7, 11) is 0. The van der Waals surface area contributed by atoms with Crippen LogP contribution in [0, 0.1) is 13.8 Å². The molecule has 7 heteroatoms. The number of aryl methyl sites for hydroxylation is 1. The lowest BCUT2D eigenvalue weighted by Crippen LogP contribution is -2.29. The molecular formula is C22H23N3O4. The summed E-state index contributed by atoms with van der Waals surface area (Å²) in [4.78, 5) is 24.4. The Labute approximate surface area is 169 Å². The summed E-state index contributed by atoms with van der Waals surface area (Å²) in [5.74, 6) is -0.498. The number of amides is 1. The van der Waals surface area contributed by atoms with Crippen molar-refractivity contribution in [1.29, 1.82) is 0 Å². The van der Waals surface area contributed by atoms with Gasteiger partial charge in [0, 0.05) is 0 Å². The van der Waals surface area contributed by atoms with Gasteiger partial charge in [0.2, 0.25) is 0 Å². The molecule has 1 aromatic heterocycles. The second-order valence-electron chi connectivity index (χ2n) is 6.52. The fraction of sp³-hybridized carbons (Fsp3) is 0.227. The van der Waals surface area contributed by atoms with Gasteiger partial charge in [-0.25, -0.2) is 9.48 Å². The zero-order valence-corrected chi connectivity index (χ0v) is 16.6. The lowest BCUT2D eigenvalue weighted by Gasteiger charge is -2.14. The predicted molar refractivity (Wildman–Crippen MR) is 109 cm³/mol. The smallest absolute Gasteiger partial charge is 0.347 e. The van der Waals surface area contributed by atoms with E-state index in [1.165, 1.54) is 0 Å². The SMILES string of the molecule is Cc1nn(-c2ccccc2)c(C)c1NC(=O)COC(=O)[C@@H](C)Oc1ccccc1. The van der Waals surface area contributed by atoms with Gasteiger partial charge in [0.05, 0.1) is 22.8 Å². The van der Waals surface area contributed by atoms with Crippen molar-refractivity contribution in [3.8, 4) is 11.4 Å². The van der Waals surface area contributed by atoms with Crippen LogP contribution < -0.4 is 10.1 Å². The number of ether oxygens (including phenoxy) is 2. The van der Waals surface area contributed by atoms with Gasteiger partial charge in [0.25, 0.3) is 5.91 Å². The Morgan fingerprint density at radius 3 is 2.31 bits per heavy atom. The molecule has 0 aliphatic carbocycles. The van der Waals surface area contributed by atoms with Crippen LogP contribution in [0.5, 0.6) is 5.75 Å². The van der Waals surface area contributed by atoms with Crippen LogP contribution in [-0.2, 0) is 14.3 Å². The molecule has 1 amide bonds. The molecule has 0 radical (unpaired) electrons. The number of carbonyl (C=O) groups excluding carboxylic acids is 2. The first-order valence-electron chi connectivity index (χ1n) is 9.25. The van der Waals surface area contributed by atoms with Gasteiger partial charge in [0.1, 0.15) is 5.75 Å². The van der Waals surface area contributed by atoms with Crippen molar-refractivity contribution in [2.75, 3.05) is 11.9 Å². The van der Waals surface area contributed by atoms with E-state index in [0.29, 0.717) is 17.1 Å². The number of nitrogens with one attached hydrogen (secondary N) is 1. The van der Waals surface area contributed by atoms with E-state index in [-0.39, 0.29) is 0 Å². The van der Waals surface area contributed by atoms with E-state index in [0.717, 1.165) is 11.4 Å². The third kappa shape index (κ3) is 5.01. The molecule has 0 spiro atoms. The van der Waals surface area contributed by atoms with Crippen molar-refractivity contribution in [3.63, 3.8) is 0 Å². The second kappa shape index (κ2) is 9.05. The number of benzene rings is 2. The summed E-state index contributed by atoms with van der Waals surface area (Å²) >= 11 is 0. The zero-order chi connectivity index (χ0) is 20.8. The Balaban J connectivity index is 1.57. The molecule has 3 rings (SSSR count). The first-order chi connectivity index (χ1) is 14.0. The largest absolute Gasteiger partial charge is 0.479 e. The van der Waals surface area contributed by atoms with Crippen LogP contribution in [0.2, 0.25) is 0 Å². The molecule has 1 N–H and O–H groups in total. The first kappa shape index (κ1) is 20.1. The summed E-state index contributed by atoms with van der Waals surface area (Å²) < 4.78 is 12.3. The maximum absolute atomic E-state index is 12.3. The highest BCUT2D eigenvalue weighted by molar-refractivity contribution is 5.94. The van der Waals surface area contributed by atoms with Crippen molar-refractivity contribution in [2.24, 2.45) is 0 Å². The molecule has 1 atom stereocenters. The van der Waals surface area contributed by atoms with E-state index < -0.39 is 24.6 Å². The maximum Gasteiger partial charge on any atom is 0.347 e. The van der Waals surface area contributed by atoms with E-state index in [9.17, 15) is 9.59 Å². The van der Waals surface area contributed by atoms with Gasteiger partial charge in [-0.15, -0.1) is 0 Å². The van der Waals surface area contributed by atoms with Gasteiger partial charge in [-0.1, -0.05) is 36.4 Å². The van der Waals surface area contributed by atoms with Crippen molar-refractivity contribution < 1.29 is 19.1 Å². The number of carbonyl (C=O) groups is 2. The molecule has 29 heavy (non-hydrogen) atoms. The van der Waals surface area contributed by atoms with Gasteiger partial charge in [-0.3, -0.25) is 4.79 Å². The molecule has 3 aromatic rings. The Bertz CT molecular complexity index is 984. The molecule has 0 aliphatic heterocycles. The molecule has 0 fully saturated rings. The average Bonchev–Trinajstić information content (AvgIpc) is 3.01. The van der Waals surface area contributed by atoms with Crippen molar-refractivity contribution >= 4 is 17.6 Å². The number of para-hydroxylation sites is 2. The topological polar surface area (TPSA) is 82.5 Å². The molecule has 0 aliphatic rings. The van der Waals surface area contributed by atoms with Crippen LogP contribution >= 0.6 is 0 Å². The van der Waals surface area contributed by atoms with Gasteiger partial charge >= 0.3 is 5.97 Å². The molecule has 7 nitrogen and oxygen atoms in total. The molecule has 0 unspecified atom stereocenters. The minimum Gasteiger partial charge on any atom is -0.479 e. The molecule has 1 heterocycles. The van der Waals surface area contributed by atoms with Crippen LogP contribution in [0.3, 0.4) is 0 Å². The monoisotopic (exact) mass is 393 g/mol. The van der Waals surface area contributed by atoms with E-state index in [2.05, 4.69) is 10.4 Å². The Hall–Kier alpha value is -3.61. The Morgan fingerprint density at radius 2 is 1.66 bits per heavy atom. The van der Waals surface area contributed by atoms with Gasteiger partial charge in [-0.2, -0.15) is 5.10 Å². The summed E-state index contributed by atoms with van der Waals surface area (Å²) in [5.41, 5.74) is 2.95. The lowest BCUT2D eigenvalue weighted by molar-refractivity contribution is -0.153. The first-order valence-corrected chi connectivity index (χ1v) is 9.25. The van der Waals surface area contributed by atoms with Crippen LogP contribution in [0.15, 0.2) is 60.7 Å². The summed E-state index contributed by atoms with van der Waals surface area (Å²) in [6.45, 7) is 4.84. The van der Waals surface area contributed by atoms with E-state index >= 15 is 0 Å². The van der Waals surface area contributed by atoms with Gasteiger partial charge < -0.3 is 14.8 Å². The minimum absolute atomic E-state index is 0.406. The highest BCUT2D eigenvalue weighted by Crippen LogP contribution is 2.22. The molecule has 0 saturated heterocycles. The van der Waals surface area contributed by atoms with Gasteiger partial charge in [0.15, 0.2) is 12.7 Å². The highest BCUT2D eigenvalue weighted by atomic mass is 16.6. The van der Waals surface area contributed by atoms with Crippen molar-refractivity contribution in [2.45, 2.75) is 26.9 Å². The molecular weight excluding hydrogens is 370 g/mol. The Morgan fingerprint density at radius 1 is 1.03 bits per heavy atom. The van der Waals surface area contributed by atoms with Crippen LogP contribution in [0.25, 0.3) is 5.69 Å². The number of hydrogen-bond acceptors (Lipinski definition) is 5. The van der Waals surface area contributed by atoms with Crippen molar-refractivity contribution in [3.05, 3.63) is 72.1 Å². The van der Waals surface area contributed by atoms with E-state index in [4.69, 9.17) is 9.47 Å². The zero-order valence-electron chi connectivity index (χ0n) is 16.6. The number of esters is 1. The fourth-order valence-corrected chi connectivity index (χ4v) is 2.83. The summed E-state index contributed by atoms with van der Waals surface area (Å²) in [6, 6.07) is 18.6. The Kier molecular flexibility index (Phi) is 6.29. The summed E-state index contributed by atoms with van der Waals surface area (Å²) in [6.07, 6.45) is -0.825. The highest BCUT2D eigenvalue weighted by Gasteiger charge is 2.19. The fourth-order valence-electron chi connectivity index (χ4n) is 2.83. The van der Waals surface area contributed by atoms with E-state index in [1.54, 1.807) is 35.9 Å². The number of aromatic nitrogens is 2. The van der Waals surface area contributed by atoms with Crippen LogP contribution in [0.1, 0.15) is 18.3 Å². The third-order valence-electron chi connectivity index (χ3n) is 4.29. The van der Waals surface area contributed by atoms with Crippen LogP contribution in [-0.4, -0.2) is 34.4 Å². The number of anilines is 1. The van der Waals surface area contributed by atoms with Crippen molar-refractivity contribution in [1.82, 2.24) is 9.78 Å². The standard InChI is InChI=1S/C22H23N3O4/c1-15-21(16(2)25(24-15)18-10-6-4-7-11-18)23-20(26)14-28-22(27)17(3)29-19-12-8-5-9-13-19/h4-13,17H,14H2,1-3H3,(H,23,26)/t17-/m1/s1. The normalized spacial score (nSPS) is 11.6. The third-order valence-corrected chi connectivity index (χ3v) is 4.29. The molecule has 150 valence electrons. The lowest BCUT2D eigenvalue weighted by atomic mass is 10.3. The second-order valence-corrected chi connectivity index (χ2v) is 6.52. The quantitative estimate of drug-likeness (QED) is 0.622. The number of hydrogen-bond donors (Lipinski definition) is 1. The van der Waals surface area contributed by atoms with Gasteiger partial charge in [-0.05, 0) is 45.0 Å². The number of nitrogens with zero attached hydrogens (tertiary/aromatic N) is 2. The molecule has 2 aromatic carbocycles. The average molecular weight is 393 g/mol.